The van der Waals surface area contributed by atoms with Gasteiger partial charge in [0.1, 0.15) is 0 Å². The van der Waals surface area contributed by atoms with Crippen molar-refractivity contribution >= 4 is 5.91 Å². The average molecular weight is 293 g/mol. The number of carbonyl (C=O) groups excluding carboxylic acids is 1. The van der Waals surface area contributed by atoms with Gasteiger partial charge in [-0.3, -0.25) is 14.4 Å². The van der Waals surface area contributed by atoms with Gasteiger partial charge in [0.05, 0.1) is 31.0 Å². The molecule has 1 aromatic heterocycles. The fourth-order valence-electron chi connectivity index (χ4n) is 3.22. The van der Waals surface area contributed by atoms with Crippen LogP contribution in [0.2, 0.25) is 0 Å². The minimum Gasteiger partial charge on any atom is -0.378 e. The summed E-state index contributed by atoms with van der Waals surface area (Å²) in [5.74, 6) is 0.780. The molecule has 1 amide bonds. The zero-order valence-electron chi connectivity index (χ0n) is 12.7. The Kier molecular flexibility index (Phi) is 4.21. The van der Waals surface area contributed by atoms with Crippen molar-refractivity contribution in [3.63, 3.8) is 0 Å². The molecule has 3 rings (SSSR count). The molecule has 2 aliphatic heterocycles. The maximum absolute atomic E-state index is 12.6. The first-order valence-corrected chi connectivity index (χ1v) is 7.57. The van der Waals surface area contributed by atoms with E-state index in [0.29, 0.717) is 19.1 Å². The molecular formula is C14H23N5O2. The second kappa shape index (κ2) is 6.11. The van der Waals surface area contributed by atoms with Gasteiger partial charge in [0.25, 0.3) is 0 Å². The summed E-state index contributed by atoms with van der Waals surface area (Å²) in [6, 6.07) is 0. The number of aromatic nitrogens is 3. The average Bonchev–Trinajstić information content (AvgIpc) is 3.06. The van der Waals surface area contributed by atoms with E-state index < -0.39 is 0 Å². The lowest BCUT2D eigenvalue weighted by atomic mass is 9.96. The zero-order chi connectivity index (χ0) is 14.8. The Hall–Kier alpha value is -1.47. The standard InChI is InChI=1S/C14H23N5O2/c1-11-8-18(9-12-7-15-16-17(12)2)10-13(11)14(20)19-3-5-21-6-4-19/h7,11,13H,3-6,8-10H2,1-2H3/t11-,13-/m1/s1. The number of rotatable bonds is 3. The van der Waals surface area contributed by atoms with Gasteiger partial charge in [-0.15, -0.1) is 5.10 Å². The van der Waals surface area contributed by atoms with Crippen LogP contribution < -0.4 is 0 Å². The third kappa shape index (κ3) is 3.08. The van der Waals surface area contributed by atoms with Crippen LogP contribution in [0.25, 0.3) is 0 Å². The van der Waals surface area contributed by atoms with Gasteiger partial charge in [0.15, 0.2) is 0 Å². The normalized spacial score (nSPS) is 27.2. The molecular weight excluding hydrogens is 270 g/mol. The Bertz CT molecular complexity index is 497. The number of likely N-dealkylation sites (tertiary alicyclic amines) is 1. The highest BCUT2D eigenvalue weighted by molar-refractivity contribution is 5.79. The molecule has 7 nitrogen and oxygen atoms in total. The smallest absolute Gasteiger partial charge is 0.227 e. The largest absolute Gasteiger partial charge is 0.378 e. The lowest BCUT2D eigenvalue weighted by Crippen LogP contribution is -2.45. The van der Waals surface area contributed by atoms with Crippen molar-refractivity contribution < 1.29 is 9.53 Å². The first-order valence-electron chi connectivity index (χ1n) is 7.57. The second-order valence-corrected chi connectivity index (χ2v) is 6.06. The van der Waals surface area contributed by atoms with E-state index in [1.165, 1.54) is 0 Å². The Morgan fingerprint density at radius 3 is 2.81 bits per heavy atom. The van der Waals surface area contributed by atoms with E-state index in [0.717, 1.165) is 38.4 Å². The molecule has 0 bridgehead atoms. The van der Waals surface area contributed by atoms with E-state index in [1.807, 2.05) is 11.9 Å². The molecule has 2 aliphatic rings. The SMILES string of the molecule is C[C@@H]1CN(Cc2cnnn2C)C[C@H]1C(=O)N1CCOCC1. The summed E-state index contributed by atoms with van der Waals surface area (Å²) >= 11 is 0. The van der Waals surface area contributed by atoms with Gasteiger partial charge in [0, 0.05) is 39.8 Å². The van der Waals surface area contributed by atoms with Crippen molar-refractivity contribution in [3.05, 3.63) is 11.9 Å². The first kappa shape index (κ1) is 14.5. The molecule has 0 N–H and O–H groups in total. The fourth-order valence-corrected chi connectivity index (χ4v) is 3.22. The van der Waals surface area contributed by atoms with Crippen molar-refractivity contribution in [1.29, 1.82) is 0 Å². The molecule has 3 heterocycles. The van der Waals surface area contributed by atoms with Crippen LogP contribution in [0, 0.1) is 11.8 Å². The summed E-state index contributed by atoms with van der Waals surface area (Å²) < 4.78 is 7.12. The molecule has 2 saturated heterocycles. The van der Waals surface area contributed by atoms with Gasteiger partial charge in [-0.2, -0.15) is 0 Å². The monoisotopic (exact) mass is 293 g/mol. The summed E-state index contributed by atoms with van der Waals surface area (Å²) in [5.41, 5.74) is 1.08. The number of hydrogen-bond acceptors (Lipinski definition) is 5. The maximum atomic E-state index is 12.6. The van der Waals surface area contributed by atoms with Gasteiger partial charge < -0.3 is 9.64 Å². The molecule has 0 unspecified atom stereocenters. The quantitative estimate of drug-likeness (QED) is 0.768. The van der Waals surface area contributed by atoms with E-state index in [9.17, 15) is 4.79 Å². The lowest BCUT2D eigenvalue weighted by molar-refractivity contribution is -0.140. The highest BCUT2D eigenvalue weighted by Gasteiger charge is 2.37. The molecule has 0 radical (unpaired) electrons. The number of nitrogens with zero attached hydrogens (tertiary/aromatic N) is 5. The predicted molar refractivity (Wildman–Crippen MR) is 76.3 cm³/mol. The number of amides is 1. The van der Waals surface area contributed by atoms with Crippen molar-refractivity contribution in [2.45, 2.75) is 13.5 Å². The Morgan fingerprint density at radius 2 is 2.14 bits per heavy atom. The van der Waals surface area contributed by atoms with Crippen molar-refractivity contribution in [2.75, 3.05) is 39.4 Å². The highest BCUT2D eigenvalue weighted by atomic mass is 16.5. The van der Waals surface area contributed by atoms with Gasteiger partial charge in [-0.25, -0.2) is 0 Å². The van der Waals surface area contributed by atoms with Crippen LogP contribution in [0.5, 0.6) is 0 Å². The van der Waals surface area contributed by atoms with Crippen LogP contribution in [0.15, 0.2) is 6.20 Å². The van der Waals surface area contributed by atoms with Gasteiger partial charge in [-0.05, 0) is 5.92 Å². The Morgan fingerprint density at radius 1 is 1.38 bits per heavy atom. The summed E-state index contributed by atoms with van der Waals surface area (Å²) in [4.78, 5) is 16.9. The van der Waals surface area contributed by atoms with Crippen molar-refractivity contribution in [3.8, 4) is 0 Å². The van der Waals surface area contributed by atoms with Crippen LogP contribution in [-0.4, -0.2) is 70.1 Å². The summed E-state index contributed by atoms with van der Waals surface area (Å²) in [7, 11) is 1.90. The number of aryl methyl sites for hydroxylation is 1. The van der Waals surface area contributed by atoms with Gasteiger partial charge in [0.2, 0.25) is 5.91 Å². The Balaban J connectivity index is 1.60. The van der Waals surface area contributed by atoms with Crippen LogP contribution in [-0.2, 0) is 23.1 Å². The van der Waals surface area contributed by atoms with E-state index in [4.69, 9.17) is 4.74 Å². The summed E-state index contributed by atoms with van der Waals surface area (Å²) in [5, 5.41) is 7.86. The number of ether oxygens (including phenoxy) is 1. The summed E-state index contributed by atoms with van der Waals surface area (Å²) in [6.07, 6.45) is 1.79. The molecule has 21 heavy (non-hydrogen) atoms. The third-order valence-corrected chi connectivity index (χ3v) is 4.52. The number of morpholine rings is 1. The topological polar surface area (TPSA) is 63.5 Å². The minimum atomic E-state index is 0.101. The molecule has 1 aromatic rings. The van der Waals surface area contributed by atoms with Crippen LogP contribution in [0.4, 0.5) is 0 Å². The molecule has 0 saturated carbocycles. The third-order valence-electron chi connectivity index (χ3n) is 4.52. The molecule has 0 aromatic carbocycles. The zero-order valence-corrected chi connectivity index (χ0v) is 12.7. The lowest BCUT2D eigenvalue weighted by Gasteiger charge is -2.30. The van der Waals surface area contributed by atoms with E-state index in [-0.39, 0.29) is 11.8 Å². The minimum absolute atomic E-state index is 0.101. The second-order valence-electron chi connectivity index (χ2n) is 6.06. The van der Waals surface area contributed by atoms with Crippen LogP contribution in [0.3, 0.4) is 0 Å². The molecule has 2 fully saturated rings. The number of hydrogen-bond donors (Lipinski definition) is 0. The van der Waals surface area contributed by atoms with E-state index in [1.54, 1.807) is 10.9 Å². The molecule has 2 atom stereocenters. The van der Waals surface area contributed by atoms with Gasteiger partial charge in [-0.1, -0.05) is 12.1 Å². The van der Waals surface area contributed by atoms with Crippen LogP contribution in [0.1, 0.15) is 12.6 Å². The highest BCUT2D eigenvalue weighted by Crippen LogP contribution is 2.26. The van der Waals surface area contributed by atoms with E-state index in [2.05, 4.69) is 22.1 Å². The summed E-state index contributed by atoms with van der Waals surface area (Å²) in [6.45, 7) is 7.54. The molecule has 0 spiro atoms. The van der Waals surface area contributed by atoms with E-state index >= 15 is 0 Å². The molecule has 116 valence electrons. The Labute approximate surface area is 124 Å². The fraction of sp³-hybridized carbons (Fsp3) is 0.786. The van der Waals surface area contributed by atoms with Crippen LogP contribution >= 0.6 is 0 Å². The molecule has 0 aliphatic carbocycles. The first-order chi connectivity index (χ1) is 10.1. The van der Waals surface area contributed by atoms with Crippen molar-refractivity contribution in [2.24, 2.45) is 18.9 Å². The van der Waals surface area contributed by atoms with Crippen molar-refractivity contribution in [1.82, 2.24) is 24.8 Å². The maximum Gasteiger partial charge on any atom is 0.227 e. The number of carbonyl (C=O) groups is 1. The van der Waals surface area contributed by atoms with Gasteiger partial charge >= 0.3 is 0 Å². The molecule has 7 heteroatoms. The predicted octanol–water partition coefficient (Wildman–Crippen LogP) is -0.258.